The maximum atomic E-state index is 12.1. The number of nitrogens with one attached hydrogen (secondary N) is 3. The highest BCUT2D eigenvalue weighted by atomic mass is 16.2. The van der Waals surface area contributed by atoms with Crippen molar-refractivity contribution in [3.05, 3.63) is 64.3 Å². The van der Waals surface area contributed by atoms with Crippen LogP contribution in [0.15, 0.2) is 47.4 Å². The third-order valence-electron chi connectivity index (χ3n) is 3.44. The molecule has 0 saturated carbocycles. The van der Waals surface area contributed by atoms with Crippen molar-refractivity contribution in [2.45, 2.75) is 0 Å². The molecule has 25 heavy (non-hydrogen) atoms. The van der Waals surface area contributed by atoms with Gasteiger partial charge in [0.05, 0.1) is 16.5 Å². The Bertz CT molecular complexity index is 1000. The summed E-state index contributed by atoms with van der Waals surface area (Å²) in [5, 5.41) is 14.8. The van der Waals surface area contributed by atoms with E-state index in [2.05, 4.69) is 25.6 Å². The summed E-state index contributed by atoms with van der Waals surface area (Å²) in [6.45, 7) is 0.750. The Hall–Kier alpha value is -3.73. The predicted molar refractivity (Wildman–Crippen MR) is 92.1 cm³/mol. The minimum absolute atomic E-state index is 0.0276. The molecule has 8 heteroatoms. The van der Waals surface area contributed by atoms with Crippen LogP contribution in [0, 0.1) is 11.3 Å². The number of benzene rings is 1. The normalized spacial score (nSPS) is 10.2. The van der Waals surface area contributed by atoms with Gasteiger partial charge in [0.15, 0.2) is 5.82 Å². The number of fused-ring (bicyclic) bond motifs is 1. The Morgan fingerprint density at radius 1 is 1.20 bits per heavy atom. The highest BCUT2D eigenvalue weighted by Gasteiger charge is 2.10. The SMILES string of the molecule is N#Cc1ccc(NCCNC(=O)c2nc3ccccc3c(=O)[nH]2)nc1. The first-order valence-electron chi connectivity index (χ1n) is 7.54. The zero-order valence-corrected chi connectivity index (χ0v) is 13.1. The molecule has 0 bridgehead atoms. The molecule has 1 amide bonds. The monoisotopic (exact) mass is 334 g/mol. The van der Waals surface area contributed by atoms with Crippen molar-refractivity contribution in [1.82, 2.24) is 20.3 Å². The van der Waals surface area contributed by atoms with Gasteiger partial charge in [-0.05, 0) is 24.3 Å². The topological polar surface area (TPSA) is 124 Å². The number of anilines is 1. The Morgan fingerprint density at radius 3 is 2.80 bits per heavy atom. The van der Waals surface area contributed by atoms with Gasteiger partial charge in [0, 0.05) is 19.3 Å². The second-order valence-corrected chi connectivity index (χ2v) is 5.16. The summed E-state index contributed by atoms with van der Waals surface area (Å²) in [6.07, 6.45) is 1.46. The van der Waals surface area contributed by atoms with Gasteiger partial charge in [-0.3, -0.25) is 9.59 Å². The van der Waals surface area contributed by atoms with Gasteiger partial charge in [-0.25, -0.2) is 9.97 Å². The van der Waals surface area contributed by atoms with Crippen LogP contribution in [0.25, 0.3) is 10.9 Å². The van der Waals surface area contributed by atoms with Crippen LogP contribution in [-0.2, 0) is 0 Å². The van der Waals surface area contributed by atoms with Crippen LogP contribution in [0.3, 0.4) is 0 Å². The molecular formula is C17H14N6O2. The maximum absolute atomic E-state index is 12.1. The summed E-state index contributed by atoms with van der Waals surface area (Å²) < 4.78 is 0. The third-order valence-corrected chi connectivity index (χ3v) is 3.44. The number of rotatable bonds is 5. The number of carbonyl (C=O) groups is 1. The lowest BCUT2D eigenvalue weighted by molar-refractivity contribution is 0.0945. The summed E-state index contributed by atoms with van der Waals surface area (Å²) >= 11 is 0. The van der Waals surface area contributed by atoms with Crippen molar-refractivity contribution in [3.63, 3.8) is 0 Å². The van der Waals surface area contributed by atoms with Crippen LogP contribution in [-0.4, -0.2) is 33.9 Å². The zero-order valence-electron chi connectivity index (χ0n) is 13.1. The van der Waals surface area contributed by atoms with Crippen LogP contribution in [0.1, 0.15) is 16.2 Å². The van der Waals surface area contributed by atoms with Crippen LogP contribution >= 0.6 is 0 Å². The average molecular weight is 334 g/mol. The van der Waals surface area contributed by atoms with Crippen LogP contribution in [0.2, 0.25) is 0 Å². The number of para-hydroxylation sites is 1. The Kier molecular flexibility index (Phi) is 4.67. The van der Waals surface area contributed by atoms with Crippen LogP contribution < -0.4 is 16.2 Å². The van der Waals surface area contributed by atoms with Crippen molar-refractivity contribution in [1.29, 1.82) is 5.26 Å². The number of pyridine rings is 1. The van der Waals surface area contributed by atoms with Gasteiger partial charge < -0.3 is 15.6 Å². The molecule has 1 aromatic carbocycles. The van der Waals surface area contributed by atoms with Gasteiger partial charge >= 0.3 is 0 Å². The van der Waals surface area contributed by atoms with E-state index in [1.807, 2.05) is 6.07 Å². The third kappa shape index (κ3) is 3.79. The molecule has 3 rings (SSSR count). The summed E-state index contributed by atoms with van der Waals surface area (Å²) in [5.74, 6) is 0.114. The average Bonchev–Trinajstić information content (AvgIpc) is 2.65. The first kappa shape index (κ1) is 16.1. The molecule has 3 N–H and O–H groups in total. The number of nitriles is 1. The molecule has 124 valence electrons. The molecule has 0 aliphatic rings. The number of nitrogens with zero attached hydrogens (tertiary/aromatic N) is 3. The fraction of sp³-hybridized carbons (Fsp3) is 0.118. The van der Waals surface area contributed by atoms with E-state index in [-0.39, 0.29) is 11.4 Å². The lowest BCUT2D eigenvalue weighted by Crippen LogP contribution is -2.31. The van der Waals surface area contributed by atoms with E-state index >= 15 is 0 Å². The minimum Gasteiger partial charge on any atom is -0.368 e. The first-order valence-corrected chi connectivity index (χ1v) is 7.54. The van der Waals surface area contributed by atoms with Gasteiger partial charge in [-0.1, -0.05) is 12.1 Å². The van der Waals surface area contributed by atoms with Gasteiger partial charge in [0.25, 0.3) is 11.5 Å². The predicted octanol–water partition coefficient (Wildman–Crippen LogP) is 1.03. The van der Waals surface area contributed by atoms with Crippen LogP contribution in [0.5, 0.6) is 0 Å². The van der Waals surface area contributed by atoms with E-state index in [0.29, 0.717) is 35.4 Å². The molecule has 0 atom stereocenters. The highest BCUT2D eigenvalue weighted by Crippen LogP contribution is 2.05. The van der Waals surface area contributed by atoms with Gasteiger partial charge in [-0.15, -0.1) is 0 Å². The zero-order chi connectivity index (χ0) is 17.6. The summed E-state index contributed by atoms with van der Waals surface area (Å²) in [5.41, 5.74) is 0.595. The first-order chi connectivity index (χ1) is 12.2. The number of aromatic nitrogens is 3. The Balaban J connectivity index is 1.57. The summed E-state index contributed by atoms with van der Waals surface area (Å²) in [4.78, 5) is 34.8. The molecule has 2 aromatic heterocycles. The molecule has 0 fully saturated rings. The molecule has 2 heterocycles. The number of aromatic amines is 1. The molecule has 8 nitrogen and oxygen atoms in total. The summed E-state index contributed by atoms with van der Waals surface area (Å²) in [7, 11) is 0. The van der Waals surface area contributed by atoms with E-state index in [1.165, 1.54) is 6.20 Å². The molecule has 0 saturated heterocycles. The second-order valence-electron chi connectivity index (χ2n) is 5.16. The molecule has 0 spiro atoms. The highest BCUT2D eigenvalue weighted by molar-refractivity contribution is 5.92. The van der Waals surface area contributed by atoms with Crippen molar-refractivity contribution >= 4 is 22.6 Å². The largest absolute Gasteiger partial charge is 0.368 e. The quantitative estimate of drug-likeness (QED) is 0.599. The molecule has 3 aromatic rings. The van der Waals surface area contributed by atoms with Gasteiger partial charge in [-0.2, -0.15) is 5.26 Å². The maximum Gasteiger partial charge on any atom is 0.287 e. The van der Waals surface area contributed by atoms with E-state index < -0.39 is 5.91 Å². The van der Waals surface area contributed by atoms with Crippen molar-refractivity contribution in [3.8, 4) is 6.07 Å². The molecular weight excluding hydrogens is 320 g/mol. The van der Waals surface area contributed by atoms with Crippen molar-refractivity contribution in [2.24, 2.45) is 0 Å². The molecule has 0 unspecified atom stereocenters. The fourth-order valence-corrected chi connectivity index (χ4v) is 2.21. The standard InChI is InChI=1S/C17H14N6O2/c18-9-11-5-6-14(21-10-11)19-7-8-20-17(25)15-22-13-4-2-1-3-12(13)16(24)23-15/h1-6,10H,7-8H2,(H,19,21)(H,20,25)(H,22,23,24). The van der Waals surface area contributed by atoms with Crippen molar-refractivity contribution in [2.75, 3.05) is 18.4 Å². The van der Waals surface area contributed by atoms with Crippen molar-refractivity contribution < 1.29 is 4.79 Å². The van der Waals surface area contributed by atoms with E-state index in [4.69, 9.17) is 5.26 Å². The molecule has 0 aliphatic carbocycles. The Morgan fingerprint density at radius 2 is 2.04 bits per heavy atom. The lowest BCUT2D eigenvalue weighted by Gasteiger charge is -2.07. The number of H-pyrrole nitrogens is 1. The lowest BCUT2D eigenvalue weighted by atomic mass is 10.2. The number of carbonyl (C=O) groups excluding carboxylic acids is 1. The fourth-order valence-electron chi connectivity index (χ4n) is 2.21. The number of hydrogen-bond donors (Lipinski definition) is 3. The summed E-state index contributed by atoms with van der Waals surface area (Å²) in [6, 6.07) is 12.1. The van der Waals surface area contributed by atoms with Gasteiger partial charge in [0.2, 0.25) is 0 Å². The second kappa shape index (κ2) is 7.23. The Labute approximate surface area is 142 Å². The van der Waals surface area contributed by atoms with E-state index in [9.17, 15) is 9.59 Å². The number of hydrogen-bond acceptors (Lipinski definition) is 6. The smallest absolute Gasteiger partial charge is 0.287 e. The number of amides is 1. The van der Waals surface area contributed by atoms with Gasteiger partial charge in [0.1, 0.15) is 11.9 Å². The minimum atomic E-state index is -0.461. The van der Waals surface area contributed by atoms with E-state index in [0.717, 1.165) is 0 Å². The molecule has 0 radical (unpaired) electrons. The van der Waals surface area contributed by atoms with Crippen LogP contribution in [0.4, 0.5) is 5.82 Å². The van der Waals surface area contributed by atoms with E-state index in [1.54, 1.807) is 36.4 Å². The molecule has 0 aliphatic heterocycles.